The van der Waals surface area contributed by atoms with E-state index in [1.807, 2.05) is 30.4 Å². The first-order chi connectivity index (χ1) is 25.8. The molecule has 0 aromatic rings. The SMILES string of the molecule is C=CCCC(CCC=C)CCC=C.C=CCC[B]P(I)CCC=C.CCCCCC(CCCCC)CCCCC.CCCCC[B]P(I)CCCCC. The van der Waals surface area contributed by atoms with Crippen molar-refractivity contribution in [3.8, 4) is 0 Å². The number of allylic oxidation sites excluding steroid dienone is 5. The number of unbranched alkanes of at least 4 members (excludes halogenated alkanes) is 10. The summed E-state index contributed by atoms with van der Waals surface area (Å²) in [4.78, 5) is 0. The Morgan fingerprint density at radius 2 is 0.736 bits per heavy atom. The fourth-order valence-corrected chi connectivity index (χ4v) is 11.6. The van der Waals surface area contributed by atoms with Gasteiger partial charge in [-0.1, -0.05) is 242 Å². The van der Waals surface area contributed by atoms with Crippen molar-refractivity contribution in [1.82, 2.24) is 0 Å². The van der Waals surface area contributed by atoms with Gasteiger partial charge in [0.05, 0.1) is 0 Å². The van der Waals surface area contributed by atoms with Gasteiger partial charge in [-0.15, -0.1) is 32.9 Å². The second-order valence-electron chi connectivity index (χ2n) is 14.6. The quantitative estimate of drug-likeness (QED) is 0.0191. The Kier molecular flexibility index (Phi) is 66.0. The summed E-state index contributed by atoms with van der Waals surface area (Å²) in [6.45, 7) is 35.1. The molecule has 0 saturated heterocycles. The van der Waals surface area contributed by atoms with Crippen molar-refractivity contribution in [2.24, 2.45) is 11.8 Å². The first kappa shape index (κ1) is 60.8. The van der Waals surface area contributed by atoms with Crippen LogP contribution >= 0.6 is 55.0 Å². The molecule has 0 heterocycles. The highest BCUT2D eigenvalue weighted by atomic mass is 127. The zero-order valence-electron chi connectivity index (χ0n) is 36.6. The maximum absolute atomic E-state index is 3.75. The predicted molar refractivity (Wildman–Crippen MR) is 279 cm³/mol. The lowest BCUT2D eigenvalue weighted by Crippen LogP contribution is -2.01. The van der Waals surface area contributed by atoms with Crippen LogP contribution in [0.15, 0.2) is 63.3 Å². The van der Waals surface area contributed by atoms with Crippen molar-refractivity contribution in [3.63, 3.8) is 0 Å². The van der Waals surface area contributed by atoms with E-state index in [1.54, 1.807) is 0 Å². The monoisotopic (exact) mass is 994 g/mol. The lowest BCUT2D eigenvalue weighted by atomic mass is 9.90. The van der Waals surface area contributed by atoms with Crippen molar-refractivity contribution in [1.29, 1.82) is 0 Å². The van der Waals surface area contributed by atoms with Gasteiger partial charge in [0, 0.05) is 0 Å². The van der Waals surface area contributed by atoms with Crippen LogP contribution in [-0.2, 0) is 0 Å². The van der Waals surface area contributed by atoms with Gasteiger partial charge in [0.25, 0.3) is 0 Å². The minimum absolute atomic E-state index is 0.128. The fourth-order valence-electron chi connectivity index (χ4n) is 5.84. The van der Waals surface area contributed by atoms with Crippen LogP contribution in [0, 0.1) is 11.8 Å². The van der Waals surface area contributed by atoms with Crippen molar-refractivity contribution in [2.75, 3.05) is 12.3 Å². The van der Waals surface area contributed by atoms with E-state index in [4.69, 9.17) is 0 Å². The van der Waals surface area contributed by atoms with Crippen molar-refractivity contribution >= 4 is 69.0 Å². The van der Waals surface area contributed by atoms with Gasteiger partial charge in [0.2, 0.25) is 0 Å². The normalized spacial score (nSPS) is 11.5. The molecule has 0 amide bonds. The Morgan fingerprint density at radius 1 is 0.396 bits per heavy atom. The third kappa shape index (κ3) is 60.0. The molecule has 0 fully saturated rings. The summed E-state index contributed by atoms with van der Waals surface area (Å²) in [6, 6.07) is 0. The number of halogens is 2. The summed E-state index contributed by atoms with van der Waals surface area (Å²) in [5, 5.41) is 0. The van der Waals surface area contributed by atoms with Crippen LogP contribution in [0.3, 0.4) is 0 Å². The average molecular weight is 995 g/mol. The highest BCUT2D eigenvalue weighted by Crippen LogP contribution is 2.45. The minimum Gasteiger partial charge on any atom is -0.103 e. The van der Waals surface area contributed by atoms with Crippen LogP contribution < -0.4 is 0 Å². The van der Waals surface area contributed by atoms with E-state index < -0.39 is 0 Å². The molecule has 0 aromatic carbocycles. The van der Waals surface area contributed by atoms with Crippen LogP contribution in [-0.4, -0.2) is 26.3 Å². The zero-order valence-corrected chi connectivity index (χ0v) is 42.7. The van der Waals surface area contributed by atoms with Gasteiger partial charge in [-0.2, -0.15) is 0 Å². The lowest BCUT2D eigenvalue weighted by Gasteiger charge is -2.16. The van der Waals surface area contributed by atoms with E-state index >= 15 is 0 Å². The fraction of sp³-hybridized carbons (Fsp3) is 0.787. The Balaban J connectivity index is -0.000000305. The van der Waals surface area contributed by atoms with Gasteiger partial charge >= 0.3 is 0 Å². The Morgan fingerprint density at radius 3 is 1.13 bits per heavy atom. The molecule has 310 valence electrons. The summed E-state index contributed by atoms with van der Waals surface area (Å²) < 4.78 is 0. The predicted octanol–water partition coefficient (Wildman–Crippen LogP) is 20.1. The van der Waals surface area contributed by atoms with E-state index in [-0.39, 0.29) is 10.9 Å². The zero-order chi connectivity index (χ0) is 40.5. The highest BCUT2D eigenvalue weighted by Gasteiger charge is 2.08. The molecule has 0 aliphatic rings. The number of rotatable bonds is 37. The van der Waals surface area contributed by atoms with Crippen LogP contribution in [0.2, 0.25) is 12.6 Å². The Labute approximate surface area is 367 Å². The molecule has 2 unspecified atom stereocenters. The molecule has 2 radical (unpaired) electrons. The van der Waals surface area contributed by atoms with Gasteiger partial charge in [-0.05, 0) is 81.9 Å². The molecule has 0 aromatic heterocycles. The van der Waals surface area contributed by atoms with Crippen LogP contribution in [0.4, 0.5) is 0 Å². The lowest BCUT2D eigenvalue weighted by molar-refractivity contribution is 0.372. The molecular weight excluding hydrogens is 902 g/mol. The average Bonchev–Trinajstić information content (AvgIpc) is 3.16. The molecule has 2 atom stereocenters. The molecule has 0 aliphatic carbocycles. The molecule has 0 N–H and O–H groups in total. The van der Waals surface area contributed by atoms with Crippen LogP contribution in [0.5, 0.6) is 0 Å². The molecule has 0 saturated carbocycles. The topological polar surface area (TPSA) is 0 Å². The first-order valence-electron chi connectivity index (χ1n) is 22.4. The summed E-state index contributed by atoms with van der Waals surface area (Å²) in [6.07, 6.45) is 50.5. The van der Waals surface area contributed by atoms with Gasteiger partial charge in [-0.25, -0.2) is 0 Å². The second kappa shape index (κ2) is 57.5. The van der Waals surface area contributed by atoms with Crippen LogP contribution in [0.1, 0.15) is 202 Å². The summed E-state index contributed by atoms with van der Waals surface area (Å²) in [5.41, 5.74) is 0.364. The van der Waals surface area contributed by atoms with Crippen molar-refractivity contribution in [2.45, 2.75) is 214 Å². The molecule has 0 aliphatic heterocycles. The number of hydrogen-bond donors (Lipinski definition) is 0. The molecule has 0 nitrogen and oxygen atoms in total. The molecule has 0 spiro atoms. The van der Waals surface area contributed by atoms with Gasteiger partial charge in [0.15, 0.2) is 14.0 Å². The van der Waals surface area contributed by atoms with Crippen molar-refractivity contribution < 1.29 is 0 Å². The van der Waals surface area contributed by atoms with Crippen LogP contribution in [0.25, 0.3) is 0 Å². The Bertz CT molecular complexity index is 668. The number of hydrogen-bond acceptors (Lipinski definition) is 0. The van der Waals surface area contributed by atoms with Gasteiger partial charge in [0.1, 0.15) is 0 Å². The smallest absolute Gasteiger partial charge is 0.103 e. The van der Waals surface area contributed by atoms with E-state index in [9.17, 15) is 0 Å². The molecule has 6 heteroatoms. The highest BCUT2D eigenvalue weighted by molar-refractivity contribution is 14.2. The van der Waals surface area contributed by atoms with E-state index in [2.05, 4.69) is 126 Å². The van der Waals surface area contributed by atoms with E-state index in [1.165, 1.54) is 160 Å². The van der Waals surface area contributed by atoms with E-state index in [0.29, 0.717) is 0 Å². The second-order valence-corrected chi connectivity index (χ2v) is 25.2. The summed E-state index contributed by atoms with van der Waals surface area (Å²) in [7, 11) is 0. The third-order valence-electron chi connectivity index (χ3n) is 9.34. The summed E-state index contributed by atoms with van der Waals surface area (Å²) in [5.74, 6) is 1.87. The maximum Gasteiger partial charge on any atom is 0.160 e. The van der Waals surface area contributed by atoms with Gasteiger partial charge in [-0.3, -0.25) is 0 Å². The summed E-state index contributed by atoms with van der Waals surface area (Å²) >= 11 is 5.17. The molecule has 0 bridgehead atoms. The van der Waals surface area contributed by atoms with Gasteiger partial charge < -0.3 is 0 Å². The van der Waals surface area contributed by atoms with E-state index in [0.717, 1.165) is 43.9 Å². The Hall–Kier alpha value is 1.15. The third-order valence-corrected chi connectivity index (χ3v) is 17.3. The standard InChI is InChI=1S/C16H34.C13H22.C10H22BIP.C8H14BIP/c1-4-7-10-13-16(14-11-8-5-2)15-12-9-6-3;1-4-7-10-13(11-8-5-2)12-9-6-3;1-3-5-7-9-11-13(12)10-8-6-4-2;1-3-5-7-9-11(10)8-6-4-2/h16H,4-15H2,1-3H3;4-6,13H,1-3,7-12H2;3-10H2,1-2H3;3-4H,1-2,5-8H2. The largest absolute Gasteiger partial charge is 0.160 e. The molecular formula is C47H92B2I2P2. The maximum atomic E-state index is 3.75. The van der Waals surface area contributed by atoms with Crippen molar-refractivity contribution in [3.05, 3.63) is 63.3 Å². The first-order valence-corrected chi connectivity index (χ1v) is 31.1. The molecule has 53 heavy (non-hydrogen) atoms. The minimum atomic E-state index is 0.128. The molecule has 0 rings (SSSR count).